The molecule has 2 N–H and O–H groups in total. The first kappa shape index (κ1) is 19.7. The average Bonchev–Trinajstić information content (AvgIpc) is 2.61. The SMILES string of the molecule is COc1c(O)ccc(/C=N/NC(=O)COc2ccc(C)cc2C)c1[N+](=O)[O-]. The van der Waals surface area contributed by atoms with Crippen molar-refractivity contribution in [1.82, 2.24) is 5.43 Å². The number of hydrogen-bond donors (Lipinski definition) is 2. The molecule has 9 nitrogen and oxygen atoms in total. The van der Waals surface area contributed by atoms with Gasteiger partial charge in [-0.1, -0.05) is 17.7 Å². The second kappa shape index (κ2) is 8.65. The molecule has 0 fully saturated rings. The summed E-state index contributed by atoms with van der Waals surface area (Å²) in [5, 5.41) is 24.5. The van der Waals surface area contributed by atoms with Gasteiger partial charge in [0, 0.05) is 0 Å². The third kappa shape index (κ3) is 4.94. The van der Waals surface area contributed by atoms with Gasteiger partial charge in [0.2, 0.25) is 5.75 Å². The molecule has 0 aromatic heterocycles. The van der Waals surface area contributed by atoms with Crippen LogP contribution < -0.4 is 14.9 Å². The number of ether oxygens (including phenoxy) is 2. The molecule has 27 heavy (non-hydrogen) atoms. The fourth-order valence-electron chi connectivity index (χ4n) is 2.38. The van der Waals surface area contributed by atoms with Crippen molar-refractivity contribution in [2.24, 2.45) is 5.10 Å². The summed E-state index contributed by atoms with van der Waals surface area (Å²) >= 11 is 0. The van der Waals surface area contributed by atoms with Crippen LogP contribution in [0.5, 0.6) is 17.2 Å². The molecule has 1 amide bonds. The van der Waals surface area contributed by atoms with E-state index in [0.717, 1.165) is 17.3 Å². The Morgan fingerprint density at radius 2 is 2.07 bits per heavy atom. The number of nitro groups is 1. The van der Waals surface area contributed by atoms with Crippen LogP contribution in [0.2, 0.25) is 0 Å². The third-order valence-corrected chi connectivity index (χ3v) is 3.61. The van der Waals surface area contributed by atoms with Crippen molar-refractivity contribution in [1.29, 1.82) is 0 Å². The van der Waals surface area contributed by atoms with Crippen molar-refractivity contribution in [3.8, 4) is 17.2 Å². The summed E-state index contributed by atoms with van der Waals surface area (Å²) in [4.78, 5) is 22.3. The number of phenolic OH excluding ortho intramolecular Hbond substituents is 1. The molecule has 0 radical (unpaired) electrons. The molecule has 0 saturated heterocycles. The van der Waals surface area contributed by atoms with Gasteiger partial charge in [-0.05, 0) is 37.6 Å². The van der Waals surface area contributed by atoms with Crippen LogP contribution in [-0.4, -0.2) is 35.9 Å². The summed E-state index contributed by atoms with van der Waals surface area (Å²) in [6, 6.07) is 8.10. The maximum atomic E-state index is 11.8. The molecule has 9 heteroatoms. The van der Waals surface area contributed by atoms with Crippen LogP contribution in [0.15, 0.2) is 35.4 Å². The number of carbonyl (C=O) groups is 1. The number of hydrazone groups is 1. The van der Waals surface area contributed by atoms with Gasteiger partial charge in [0.1, 0.15) is 5.75 Å². The molecule has 0 unspecified atom stereocenters. The average molecular weight is 373 g/mol. The van der Waals surface area contributed by atoms with Crippen LogP contribution in [0.25, 0.3) is 0 Å². The van der Waals surface area contributed by atoms with Crippen LogP contribution >= 0.6 is 0 Å². The van der Waals surface area contributed by atoms with E-state index in [1.165, 1.54) is 19.2 Å². The second-order valence-corrected chi connectivity index (χ2v) is 5.66. The van der Waals surface area contributed by atoms with Gasteiger partial charge in [-0.3, -0.25) is 14.9 Å². The Bertz CT molecular complexity index is 895. The molecule has 0 saturated carbocycles. The largest absolute Gasteiger partial charge is 0.504 e. The Morgan fingerprint density at radius 3 is 2.70 bits per heavy atom. The summed E-state index contributed by atoms with van der Waals surface area (Å²) < 4.78 is 10.3. The van der Waals surface area contributed by atoms with Gasteiger partial charge in [0.15, 0.2) is 12.4 Å². The Kier molecular flexibility index (Phi) is 6.32. The number of hydrogen-bond acceptors (Lipinski definition) is 7. The van der Waals surface area contributed by atoms with Crippen molar-refractivity contribution in [3.05, 3.63) is 57.1 Å². The zero-order valence-electron chi connectivity index (χ0n) is 15.1. The van der Waals surface area contributed by atoms with Gasteiger partial charge in [-0.25, -0.2) is 5.43 Å². The van der Waals surface area contributed by atoms with E-state index in [4.69, 9.17) is 9.47 Å². The van der Waals surface area contributed by atoms with E-state index in [0.29, 0.717) is 5.75 Å². The molecule has 2 aromatic rings. The normalized spacial score (nSPS) is 10.6. The Hall–Kier alpha value is -3.62. The molecule has 0 aliphatic carbocycles. The molecule has 142 valence electrons. The quantitative estimate of drug-likeness (QED) is 0.436. The molecule has 0 aliphatic rings. The third-order valence-electron chi connectivity index (χ3n) is 3.61. The lowest BCUT2D eigenvalue weighted by Crippen LogP contribution is -2.24. The highest BCUT2D eigenvalue weighted by atomic mass is 16.6. The minimum absolute atomic E-state index is 0.0604. The van der Waals surface area contributed by atoms with E-state index >= 15 is 0 Å². The number of carbonyl (C=O) groups excluding carboxylic acids is 1. The van der Waals surface area contributed by atoms with Crippen LogP contribution in [0.3, 0.4) is 0 Å². The van der Waals surface area contributed by atoms with Crippen molar-refractivity contribution < 1.29 is 24.3 Å². The summed E-state index contributed by atoms with van der Waals surface area (Å²) in [6.07, 6.45) is 1.09. The first-order valence-electron chi connectivity index (χ1n) is 7.89. The lowest BCUT2D eigenvalue weighted by atomic mass is 10.1. The number of benzene rings is 2. The number of amides is 1. The molecule has 0 heterocycles. The smallest absolute Gasteiger partial charge is 0.323 e. The monoisotopic (exact) mass is 373 g/mol. The number of nitrogens with zero attached hydrogens (tertiary/aromatic N) is 2. The van der Waals surface area contributed by atoms with E-state index in [1.807, 2.05) is 26.0 Å². The lowest BCUT2D eigenvalue weighted by Gasteiger charge is -2.08. The second-order valence-electron chi connectivity index (χ2n) is 5.66. The van der Waals surface area contributed by atoms with E-state index in [1.54, 1.807) is 6.07 Å². The molecule has 2 aromatic carbocycles. The minimum Gasteiger partial charge on any atom is -0.504 e. The zero-order valence-corrected chi connectivity index (χ0v) is 15.1. The molecular weight excluding hydrogens is 354 g/mol. The van der Waals surface area contributed by atoms with Gasteiger partial charge in [0.05, 0.1) is 23.8 Å². The zero-order chi connectivity index (χ0) is 20.0. The van der Waals surface area contributed by atoms with Crippen LogP contribution in [-0.2, 0) is 4.79 Å². The molecule has 0 aliphatic heterocycles. The molecule has 0 bridgehead atoms. The maximum Gasteiger partial charge on any atom is 0.323 e. The van der Waals surface area contributed by atoms with Crippen LogP contribution in [0, 0.1) is 24.0 Å². The number of aryl methyl sites for hydroxylation is 2. The number of nitrogens with one attached hydrogen (secondary N) is 1. The number of rotatable bonds is 7. The van der Waals surface area contributed by atoms with Gasteiger partial charge in [-0.2, -0.15) is 5.10 Å². The molecule has 0 spiro atoms. The number of phenols is 1. The highest BCUT2D eigenvalue weighted by Gasteiger charge is 2.23. The van der Waals surface area contributed by atoms with Crippen molar-refractivity contribution in [2.75, 3.05) is 13.7 Å². The van der Waals surface area contributed by atoms with E-state index < -0.39 is 16.5 Å². The van der Waals surface area contributed by atoms with Crippen LogP contribution in [0.1, 0.15) is 16.7 Å². The van der Waals surface area contributed by atoms with Gasteiger partial charge in [-0.15, -0.1) is 0 Å². The molecular formula is C18H19N3O6. The van der Waals surface area contributed by atoms with Crippen molar-refractivity contribution >= 4 is 17.8 Å². The first-order chi connectivity index (χ1) is 12.8. The Balaban J connectivity index is 2.02. The fraction of sp³-hybridized carbons (Fsp3) is 0.222. The first-order valence-corrected chi connectivity index (χ1v) is 7.89. The van der Waals surface area contributed by atoms with Crippen LogP contribution in [0.4, 0.5) is 5.69 Å². The van der Waals surface area contributed by atoms with Gasteiger partial charge < -0.3 is 14.6 Å². The summed E-state index contributed by atoms with van der Waals surface area (Å²) in [6.45, 7) is 3.56. The Labute approximate surface area is 155 Å². The van der Waals surface area contributed by atoms with E-state index in [-0.39, 0.29) is 23.7 Å². The highest BCUT2D eigenvalue weighted by molar-refractivity contribution is 5.89. The highest BCUT2D eigenvalue weighted by Crippen LogP contribution is 2.37. The minimum atomic E-state index is -0.703. The van der Waals surface area contributed by atoms with E-state index in [2.05, 4.69) is 10.5 Å². The number of aromatic hydroxyl groups is 1. The maximum absolute atomic E-state index is 11.8. The van der Waals surface area contributed by atoms with Gasteiger partial charge in [0.25, 0.3) is 5.91 Å². The van der Waals surface area contributed by atoms with Gasteiger partial charge >= 0.3 is 5.69 Å². The lowest BCUT2D eigenvalue weighted by molar-refractivity contribution is -0.386. The number of methoxy groups -OCH3 is 1. The van der Waals surface area contributed by atoms with Crippen molar-refractivity contribution in [2.45, 2.75) is 13.8 Å². The summed E-state index contributed by atoms with van der Waals surface area (Å²) in [7, 11) is 1.20. The molecule has 2 rings (SSSR count). The molecule has 0 atom stereocenters. The summed E-state index contributed by atoms with van der Waals surface area (Å²) in [5.74, 6) is -0.598. The van der Waals surface area contributed by atoms with Crippen molar-refractivity contribution in [3.63, 3.8) is 0 Å². The standard InChI is InChI=1S/C18H19N3O6/c1-11-4-7-15(12(2)8-11)27-10-16(23)20-19-9-13-5-6-14(22)18(26-3)17(13)21(24)25/h4-9,22H,10H2,1-3H3,(H,20,23)/b19-9+. The predicted octanol–water partition coefficient (Wildman–Crippen LogP) is 2.45. The summed E-state index contributed by atoms with van der Waals surface area (Å²) in [5.41, 5.74) is 3.82. The number of nitro benzene ring substituents is 1. The predicted molar refractivity (Wildman–Crippen MR) is 98.5 cm³/mol. The fourth-order valence-corrected chi connectivity index (χ4v) is 2.38. The Morgan fingerprint density at radius 1 is 1.33 bits per heavy atom. The topological polar surface area (TPSA) is 123 Å². The van der Waals surface area contributed by atoms with E-state index in [9.17, 15) is 20.0 Å².